The van der Waals surface area contributed by atoms with E-state index < -0.39 is 0 Å². The first-order chi connectivity index (χ1) is 9.23. The van der Waals surface area contributed by atoms with E-state index >= 15 is 0 Å². The molecule has 0 radical (unpaired) electrons. The van der Waals surface area contributed by atoms with Crippen molar-refractivity contribution in [2.75, 3.05) is 39.8 Å². The van der Waals surface area contributed by atoms with Crippen molar-refractivity contribution >= 4 is 0 Å². The molecule has 1 saturated heterocycles. The Bertz CT molecular complexity index is 302. The van der Waals surface area contributed by atoms with Crippen molar-refractivity contribution in [3.05, 3.63) is 0 Å². The van der Waals surface area contributed by atoms with E-state index in [0.29, 0.717) is 5.54 Å². The minimum atomic E-state index is 0.344. The fourth-order valence-electron chi connectivity index (χ4n) is 4.48. The predicted octanol–water partition coefficient (Wildman–Crippen LogP) is 1.92. The average molecular weight is 265 g/mol. The van der Waals surface area contributed by atoms with Gasteiger partial charge in [-0.25, -0.2) is 0 Å². The summed E-state index contributed by atoms with van der Waals surface area (Å²) in [7, 11) is 2.26. The van der Waals surface area contributed by atoms with Crippen molar-refractivity contribution in [2.24, 2.45) is 17.6 Å². The number of hydrogen-bond acceptors (Lipinski definition) is 3. The Morgan fingerprint density at radius 2 is 1.84 bits per heavy atom. The van der Waals surface area contributed by atoms with Crippen LogP contribution in [0.25, 0.3) is 0 Å². The molecule has 0 amide bonds. The molecule has 0 spiro atoms. The molecule has 0 aromatic heterocycles. The maximum Gasteiger partial charge on any atom is 0.0335 e. The maximum absolute atomic E-state index is 6.28. The van der Waals surface area contributed by atoms with Gasteiger partial charge in [-0.3, -0.25) is 4.90 Å². The molecule has 2 saturated carbocycles. The van der Waals surface area contributed by atoms with Crippen LogP contribution in [0.4, 0.5) is 0 Å². The van der Waals surface area contributed by atoms with Gasteiger partial charge in [0.25, 0.3) is 0 Å². The molecule has 3 nitrogen and oxygen atoms in total. The first-order valence-electron chi connectivity index (χ1n) is 8.37. The Hall–Kier alpha value is -0.120. The molecule has 2 aliphatic carbocycles. The Balaban J connectivity index is 1.69. The zero-order valence-corrected chi connectivity index (χ0v) is 12.6. The first-order valence-corrected chi connectivity index (χ1v) is 8.37. The van der Waals surface area contributed by atoms with Crippen LogP contribution in [0.15, 0.2) is 0 Å². The quantitative estimate of drug-likeness (QED) is 0.846. The van der Waals surface area contributed by atoms with Crippen LogP contribution in [-0.2, 0) is 0 Å². The predicted molar refractivity (Wildman–Crippen MR) is 80.2 cm³/mol. The molecule has 0 aromatic rings. The lowest BCUT2D eigenvalue weighted by molar-refractivity contribution is 0.0341. The van der Waals surface area contributed by atoms with Gasteiger partial charge < -0.3 is 10.6 Å². The van der Waals surface area contributed by atoms with Crippen molar-refractivity contribution in [1.29, 1.82) is 0 Å². The molecular formula is C16H31N3. The van der Waals surface area contributed by atoms with Crippen LogP contribution in [0, 0.1) is 11.8 Å². The lowest BCUT2D eigenvalue weighted by Gasteiger charge is -2.48. The second kappa shape index (κ2) is 5.71. The fraction of sp³-hybridized carbons (Fsp3) is 1.00. The van der Waals surface area contributed by atoms with Crippen molar-refractivity contribution in [3.63, 3.8) is 0 Å². The Morgan fingerprint density at radius 3 is 2.58 bits per heavy atom. The van der Waals surface area contributed by atoms with Crippen LogP contribution in [0.3, 0.4) is 0 Å². The largest absolute Gasteiger partial charge is 0.329 e. The molecule has 2 unspecified atom stereocenters. The second-order valence-corrected chi connectivity index (χ2v) is 7.27. The summed E-state index contributed by atoms with van der Waals surface area (Å²) >= 11 is 0. The topological polar surface area (TPSA) is 32.5 Å². The minimum absolute atomic E-state index is 0.344. The Morgan fingerprint density at radius 1 is 1.00 bits per heavy atom. The molecule has 19 heavy (non-hydrogen) atoms. The zero-order valence-electron chi connectivity index (χ0n) is 12.6. The van der Waals surface area contributed by atoms with Gasteiger partial charge in [-0.15, -0.1) is 0 Å². The normalized spacial score (nSPS) is 39.2. The van der Waals surface area contributed by atoms with Gasteiger partial charge >= 0.3 is 0 Å². The summed E-state index contributed by atoms with van der Waals surface area (Å²) in [4.78, 5) is 5.25. The highest BCUT2D eigenvalue weighted by molar-refractivity contribution is 5.00. The van der Waals surface area contributed by atoms with E-state index in [4.69, 9.17) is 5.73 Å². The van der Waals surface area contributed by atoms with Gasteiger partial charge in [-0.1, -0.05) is 12.8 Å². The summed E-state index contributed by atoms with van der Waals surface area (Å²) in [6.07, 6.45) is 9.91. The van der Waals surface area contributed by atoms with Crippen LogP contribution < -0.4 is 5.73 Å². The van der Waals surface area contributed by atoms with Gasteiger partial charge in [-0.2, -0.15) is 0 Å². The molecule has 1 heterocycles. The van der Waals surface area contributed by atoms with Crippen molar-refractivity contribution < 1.29 is 0 Å². The van der Waals surface area contributed by atoms with E-state index in [0.717, 1.165) is 18.4 Å². The SMILES string of the molecule is CN1CCCN(C2(CN)CCCC(C3CC3)C2)CC1. The molecule has 1 aliphatic heterocycles. The van der Waals surface area contributed by atoms with Crippen LogP contribution >= 0.6 is 0 Å². The van der Waals surface area contributed by atoms with Gasteiger partial charge in [0.1, 0.15) is 0 Å². The van der Waals surface area contributed by atoms with Gasteiger partial charge in [0.05, 0.1) is 0 Å². The number of rotatable bonds is 3. The second-order valence-electron chi connectivity index (χ2n) is 7.27. The average Bonchev–Trinajstić information content (AvgIpc) is 3.26. The monoisotopic (exact) mass is 265 g/mol. The summed E-state index contributed by atoms with van der Waals surface area (Å²) in [6, 6.07) is 0. The molecule has 110 valence electrons. The van der Waals surface area contributed by atoms with Crippen LogP contribution in [-0.4, -0.2) is 55.1 Å². The van der Waals surface area contributed by atoms with Gasteiger partial charge in [0, 0.05) is 31.7 Å². The Kier molecular flexibility index (Phi) is 4.16. The summed E-state index contributed by atoms with van der Waals surface area (Å²) in [5.74, 6) is 2.04. The summed E-state index contributed by atoms with van der Waals surface area (Å²) in [5.41, 5.74) is 6.63. The van der Waals surface area contributed by atoms with Gasteiger partial charge in [-0.05, 0) is 57.5 Å². The molecule has 0 bridgehead atoms. The van der Waals surface area contributed by atoms with Crippen LogP contribution in [0.5, 0.6) is 0 Å². The molecule has 3 aliphatic rings. The molecule has 3 rings (SSSR count). The summed E-state index contributed by atoms with van der Waals surface area (Å²) in [5, 5.41) is 0. The van der Waals surface area contributed by atoms with Gasteiger partial charge in [0.15, 0.2) is 0 Å². The van der Waals surface area contributed by atoms with E-state index in [1.807, 2.05) is 0 Å². The maximum atomic E-state index is 6.28. The number of likely N-dealkylation sites (N-methyl/N-ethyl adjacent to an activating group) is 1. The number of nitrogens with two attached hydrogens (primary N) is 1. The highest BCUT2D eigenvalue weighted by atomic mass is 15.3. The molecule has 2 N–H and O–H groups in total. The highest BCUT2D eigenvalue weighted by Crippen LogP contribution is 2.48. The zero-order chi connectivity index (χ0) is 13.3. The molecule has 3 heteroatoms. The highest BCUT2D eigenvalue weighted by Gasteiger charge is 2.44. The van der Waals surface area contributed by atoms with E-state index in [-0.39, 0.29) is 0 Å². The number of nitrogens with zero attached hydrogens (tertiary/aromatic N) is 2. The van der Waals surface area contributed by atoms with E-state index in [1.54, 1.807) is 0 Å². The van der Waals surface area contributed by atoms with Gasteiger partial charge in [0.2, 0.25) is 0 Å². The summed E-state index contributed by atoms with van der Waals surface area (Å²) < 4.78 is 0. The minimum Gasteiger partial charge on any atom is -0.329 e. The fourth-order valence-corrected chi connectivity index (χ4v) is 4.48. The molecular weight excluding hydrogens is 234 g/mol. The standard InChI is InChI=1S/C16H31N3/c1-18-8-3-9-19(11-10-18)16(13-17)7-2-4-15(12-16)14-5-6-14/h14-15H,2-13,17H2,1H3. The lowest BCUT2D eigenvalue weighted by atomic mass is 9.72. The van der Waals surface area contributed by atoms with E-state index in [2.05, 4.69) is 16.8 Å². The lowest BCUT2D eigenvalue weighted by Crippen LogP contribution is -2.57. The van der Waals surface area contributed by atoms with Crippen molar-refractivity contribution in [2.45, 2.75) is 50.5 Å². The van der Waals surface area contributed by atoms with E-state index in [1.165, 1.54) is 71.1 Å². The molecule has 3 fully saturated rings. The van der Waals surface area contributed by atoms with Crippen LogP contribution in [0.2, 0.25) is 0 Å². The van der Waals surface area contributed by atoms with Crippen molar-refractivity contribution in [1.82, 2.24) is 9.80 Å². The summed E-state index contributed by atoms with van der Waals surface area (Å²) in [6.45, 7) is 5.84. The Labute approximate surface area is 118 Å². The smallest absolute Gasteiger partial charge is 0.0335 e. The first kappa shape index (κ1) is 13.8. The van der Waals surface area contributed by atoms with Crippen LogP contribution in [0.1, 0.15) is 44.9 Å². The third-order valence-corrected chi connectivity index (χ3v) is 5.92. The molecule has 0 aromatic carbocycles. The third kappa shape index (κ3) is 2.98. The van der Waals surface area contributed by atoms with Crippen molar-refractivity contribution in [3.8, 4) is 0 Å². The van der Waals surface area contributed by atoms with E-state index in [9.17, 15) is 0 Å². The third-order valence-electron chi connectivity index (χ3n) is 5.92. The number of hydrogen-bond donors (Lipinski definition) is 1. The molecule has 2 atom stereocenters.